The number of hydrogen-bond acceptors (Lipinski definition) is 5. The van der Waals surface area contributed by atoms with Crippen molar-refractivity contribution in [1.82, 2.24) is 25.5 Å². The Morgan fingerprint density at radius 2 is 1.93 bits per heavy atom. The highest BCUT2D eigenvalue weighted by Crippen LogP contribution is 2.36. The first-order chi connectivity index (χ1) is 13.1. The molecule has 0 bridgehead atoms. The Morgan fingerprint density at radius 1 is 1.15 bits per heavy atom. The average Bonchev–Trinajstić information content (AvgIpc) is 3.37. The van der Waals surface area contributed by atoms with Crippen molar-refractivity contribution in [3.8, 4) is 5.69 Å². The Hall–Kier alpha value is -2.67. The number of nitrogens with one attached hydrogen (secondary N) is 1. The maximum absolute atomic E-state index is 12.9. The number of nitrogens with zero attached hydrogens (tertiary/aromatic N) is 4. The smallest absolute Gasteiger partial charge is 0.238 e. The van der Waals surface area contributed by atoms with Crippen molar-refractivity contribution in [1.29, 1.82) is 0 Å². The van der Waals surface area contributed by atoms with Gasteiger partial charge >= 0.3 is 0 Å². The van der Waals surface area contributed by atoms with Gasteiger partial charge in [-0.1, -0.05) is 54.2 Å². The van der Waals surface area contributed by atoms with E-state index in [-0.39, 0.29) is 5.91 Å². The maximum atomic E-state index is 12.9. The van der Waals surface area contributed by atoms with Crippen LogP contribution in [-0.2, 0) is 4.79 Å². The summed E-state index contributed by atoms with van der Waals surface area (Å²) in [6, 6.07) is 16.1. The zero-order valence-corrected chi connectivity index (χ0v) is 16.1. The Labute approximate surface area is 162 Å². The molecule has 4 rings (SSSR count). The third-order valence-corrected chi connectivity index (χ3v) is 5.92. The number of carbonyl (C=O) groups excluding carboxylic acids is 1. The Kier molecular flexibility index (Phi) is 4.94. The number of aromatic nitrogens is 4. The zero-order chi connectivity index (χ0) is 18.8. The van der Waals surface area contributed by atoms with Gasteiger partial charge in [-0.25, -0.2) is 0 Å². The van der Waals surface area contributed by atoms with Crippen molar-refractivity contribution in [2.45, 2.75) is 43.1 Å². The highest BCUT2D eigenvalue weighted by atomic mass is 32.2. The van der Waals surface area contributed by atoms with Crippen molar-refractivity contribution in [3.63, 3.8) is 0 Å². The van der Waals surface area contributed by atoms with Crippen LogP contribution in [0.5, 0.6) is 0 Å². The number of hydrogen-bond donors (Lipinski definition) is 1. The lowest BCUT2D eigenvalue weighted by Crippen LogP contribution is -2.30. The summed E-state index contributed by atoms with van der Waals surface area (Å²) in [5.41, 5.74) is 4.16. The van der Waals surface area contributed by atoms with Crippen LogP contribution in [0.4, 0.5) is 0 Å². The summed E-state index contributed by atoms with van der Waals surface area (Å²) in [5.74, 6) is 0.00390. The molecule has 0 radical (unpaired) electrons. The lowest BCUT2D eigenvalue weighted by molar-refractivity contribution is -0.120. The second-order valence-corrected chi connectivity index (χ2v) is 7.86. The van der Waals surface area contributed by atoms with Gasteiger partial charge in [0.1, 0.15) is 5.25 Å². The second kappa shape index (κ2) is 7.52. The molecule has 1 aliphatic rings. The molecule has 27 heavy (non-hydrogen) atoms. The summed E-state index contributed by atoms with van der Waals surface area (Å²) >= 11 is 1.38. The zero-order valence-electron chi connectivity index (χ0n) is 15.3. The summed E-state index contributed by atoms with van der Waals surface area (Å²) in [6.45, 7) is 4.11. The average molecular weight is 379 g/mol. The van der Waals surface area contributed by atoms with Crippen molar-refractivity contribution < 1.29 is 4.79 Å². The SMILES string of the molecule is Cc1cccc(-n2nnnc2SC(C(=O)NC2CC2)c2ccccc2)c1C. The van der Waals surface area contributed by atoms with Crippen molar-refractivity contribution in [2.75, 3.05) is 0 Å². The van der Waals surface area contributed by atoms with E-state index in [1.807, 2.05) is 42.5 Å². The van der Waals surface area contributed by atoms with E-state index in [0.717, 1.165) is 29.7 Å². The predicted molar refractivity (Wildman–Crippen MR) is 105 cm³/mol. The van der Waals surface area contributed by atoms with Gasteiger partial charge in [0.15, 0.2) is 0 Å². The minimum Gasteiger partial charge on any atom is -0.352 e. The number of amides is 1. The molecule has 1 aromatic heterocycles. The first kappa shape index (κ1) is 17.7. The van der Waals surface area contributed by atoms with Gasteiger partial charge in [-0.2, -0.15) is 4.68 Å². The standard InChI is InChI=1S/C20H21N5OS/c1-13-7-6-10-17(14(13)2)25-20(22-23-24-25)27-18(15-8-4-3-5-9-15)19(26)21-16-11-12-16/h3-10,16,18H,11-12H2,1-2H3,(H,21,26). The molecule has 1 unspecified atom stereocenters. The fourth-order valence-corrected chi connectivity index (χ4v) is 3.88. The van der Waals surface area contributed by atoms with E-state index in [2.05, 4.69) is 40.8 Å². The van der Waals surface area contributed by atoms with Crippen LogP contribution in [0.1, 0.15) is 34.8 Å². The van der Waals surface area contributed by atoms with E-state index in [4.69, 9.17) is 0 Å². The molecule has 7 heteroatoms. The van der Waals surface area contributed by atoms with Gasteiger partial charge in [0, 0.05) is 6.04 Å². The van der Waals surface area contributed by atoms with Gasteiger partial charge in [0.05, 0.1) is 5.69 Å². The summed E-state index contributed by atoms with van der Waals surface area (Å²) in [4.78, 5) is 12.9. The summed E-state index contributed by atoms with van der Waals surface area (Å²) in [7, 11) is 0. The third kappa shape index (κ3) is 3.88. The molecule has 1 heterocycles. The molecule has 1 atom stereocenters. The lowest BCUT2D eigenvalue weighted by Gasteiger charge is -2.17. The highest BCUT2D eigenvalue weighted by molar-refractivity contribution is 8.00. The van der Waals surface area contributed by atoms with Gasteiger partial charge in [-0.05, 0) is 59.9 Å². The molecule has 1 amide bonds. The molecule has 0 saturated heterocycles. The molecule has 1 aliphatic carbocycles. The summed E-state index contributed by atoms with van der Waals surface area (Å²) < 4.78 is 1.72. The van der Waals surface area contributed by atoms with Crippen LogP contribution in [0.3, 0.4) is 0 Å². The van der Waals surface area contributed by atoms with E-state index in [9.17, 15) is 4.79 Å². The minimum atomic E-state index is -0.401. The molecule has 1 N–H and O–H groups in total. The number of rotatable bonds is 6. The molecular formula is C20H21N5OS. The molecule has 0 spiro atoms. The number of aryl methyl sites for hydroxylation is 1. The van der Waals surface area contributed by atoms with Crippen LogP contribution in [-0.4, -0.2) is 32.2 Å². The topological polar surface area (TPSA) is 72.7 Å². The molecular weight excluding hydrogens is 358 g/mol. The normalized spacial score (nSPS) is 14.7. The minimum absolute atomic E-state index is 0.00390. The molecule has 1 fully saturated rings. The Morgan fingerprint density at radius 3 is 2.67 bits per heavy atom. The molecule has 1 saturated carbocycles. The molecule has 2 aromatic carbocycles. The lowest BCUT2D eigenvalue weighted by atomic mass is 10.1. The molecule has 138 valence electrons. The number of carbonyl (C=O) groups is 1. The van der Waals surface area contributed by atoms with E-state index >= 15 is 0 Å². The van der Waals surface area contributed by atoms with Crippen molar-refractivity contribution in [2.24, 2.45) is 0 Å². The van der Waals surface area contributed by atoms with Gasteiger partial charge in [-0.15, -0.1) is 5.10 Å². The maximum Gasteiger partial charge on any atom is 0.238 e. The van der Waals surface area contributed by atoms with E-state index in [1.165, 1.54) is 17.3 Å². The predicted octanol–water partition coefficient (Wildman–Crippen LogP) is 3.39. The Bertz CT molecular complexity index is 952. The van der Waals surface area contributed by atoms with Crippen LogP contribution in [0.2, 0.25) is 0 Å². The monoisotopic (exact) mass is 379 g/mol. The first-order valence-corrected chi connectivity index (χ1v) is 9.88. The van der Waals surface area contributed by atoms with Crippen LogP contribution in [0.15, 0.2) is 53.7 Å². The fourth-order valence-electron chi connectivity index (χ4n) is 2.88. The van der Waals surface area contributed by atoms with E-state index in [1.54, 1.807) is 4.68 Å². The van der Waals surface area contributed by atoms with Crippen molar-refractivity contribution in [3.05, 3.63) is 65.2 Å². The van der Waals surface area contributed by atoms with Crippen LogP contribution in [0, 0.1) is 13.8 Å². The van der Waals surface area contributed by atoms with Crippen LogP contribution in [0.25, 0.3) is 5.69 Å². The van der Waals surface area contributed by atoms with Gasteiger partial charge < -0.3 is 5.32 Å². The highest BCUT2D eigenvalue weighted by Gasteiger charge is 2.30. The largest absolute Gasteiger partial charge is 0.352 e. The summed E-state index contributed by atoms with van der Waals surface area (Å²) in [6.07, 6.45) is 2.11. The van der Waals surface area contributed by atoms with Gasteiger partial charge in [0.25, 0.3) is 0 Å². The molecule has 0 aliphatic heterocycles. The quantitative estimate of drug-likeness (QED) is 0.665. The number of tetrazole rings is 1. The van der Waals surface area contributed by atoms with Gasteiger partial charge in [-0.3, -0.25) is 4.79 Å². The fraction of sp³-hybridized carbons (Fsp3) is 0.300. The van der Waals surface area contributed by atoms with E-state index in [0.29, 0.717) is 11.2 Å². The molecule has 3 aromatic rings. The Balaban J connectivity index is 1.67. The second-order valence-electron chi connectivity index (χ2n) is 6.78. The molecule has 6 nitrogen and oxygen atoms in total. The summed E-state index contributed by atoms with van der Waals surface area (Å²) in [5, 5.41) is 15.5. The van der Waals surface area contributed by atoms with Crippen LogP contribution < -0.4 is 5.32 Å². The van der Waals surface area contributed by atoms with E-state index < -0.39 is 5.25 Å². The van der Waals surface area contributed by atoms with Crippen molar-refractivity contribution >= 4 is 17.7 Å². The first-order valence-electron chi connectivity index (χ1n) is 9.00. The van der Waals surface area contributed by atoms with Crippen LogP contribution >= 0.6 is 11.8 Å². The number of benzene rings is 2. The number of thioether (sulfide) groups is 1. The third-order valence-electron chi connectivity index (χ3n) is 4.73. The van der Waals surface area contributed by atoms with Gasteiger partial charge in [0.2, 0.25) is 11.1 Å².